The third-order valence-electron chi connectivity index (χ3n) is 9.69. The molecule has 2 aromatic rings. The molecule has 44 heavy (non-hydrogen) atoms. The molecule has 14 nitrogen and oxygen atoms in total. The molecular weight excluding hydrogens is 566 g/mol. The fraction of sp³-hybridized carbons (Fsp3) is 0.433. The molecule has 0 saturated carbocycles. The number of hydrogen-bond acceptors (Lipinski definition) is 11. The fourth-order valence-corrected chi connectivity index (χ4v) is 7.56. The molecule has 5 aliphatic rings. The number of amides is 4. The molecule has 2 fully saturated rings. The Balaban J connectivity index is 1.18. The van der Waals surface area contributed by atoms with E-state index >= 15 is 0 Å². The van der Waals surface area contributed by atoms with Crippen molar-refractivity contribution in [1.29, 1.82) is 0 Å². The minimum Gasteiger partial charge on any atom is -0.370 e. The lowest BCUT2D eigenvalue weighted by Crippen LogP contribution is -2.78. The number of carbonyl (C=O) groups excluding carboxylic acids is 3. The van der Waals surface area contributed by atoms with Gasteiger partial charge in [-0.2, -0.15) is 0 Å². The van der Waals surface area contributed by atoms with E-state index in [0.717, 1.165) is 28.9 Å². The second kappa shape index (κ2) is 9.40. The van der Waals surface area contributed by atoms with E-state index in [1.165, 1.54) is 9.80 Å². The third-order valence-corrected chi connectivity index (χ3v) is 9.69. The molecule has 14 heteroatoms. The van der Waals surface area contributed by atoms with Crippen molar-refractivity contribution in [1.82, 2.24) is 20.4 Å². The van der Waals surface area contributed by atoms with Gasteiger partial charge in [-0.3, -0.25) is 19.4 Å². The van der Waals surface area contributed by atoms with Gasteiger partial charge in [0.2, 0.25) is 5.79 Å². The van der Waals surface area contributed by atoms with E-state index in [1.807, 2.05) is 18.2 Å². The van der Waals surface area contributed by atoms with Crippen LogP contribution in [0.1, 0.15) is 41.8 Å². The number of fused-ring (bicyclic) bond motifs is 1. The number of aryl methyl sites for hydroxylation is 1. The van der Waals surface area contributed by atoms with Crippen LogP contribution in [0.2, 0.25) is 0 Å². The summed E-state index contributed by atoms with van der Waals surface area (Å²) in [4.78, 5) is 52.9. The van der Waals surface area contributed by atoms with Crippen LogP contribution in [0, 0.1) is 0 Å². The van der Waals surface area contributed by atoms with Crippen molar-refractivity contribution in [2.75, 3.05) is 24.5 Å². The van der Waals surface area contributed by atoms with Crippen molar-refractivity contribution >= 4 is 35.5 Å². The molecule has 0 aromatic heterocycles. The number of anilines is 1. The first-order valence-corrected chi connectivity index (χ1v) is 14.6. The van der Waals surface area contributed by atoms with Gasteiger partial charge in [0, 0.05) is 17.8 Å². The number of hydrogen-bond donors (Lipinski definition) is 6. The van der Waals surface area contributed by atoms with Gasteiger partial charge < -0.3 is 37.2 Å². The molecule has 4 amide bonds. The molecule has 7 rings (SSSR count). The van der Waals surface area contributed by atoms with Gasteiger partial charge in [0.15, 0.2) is 17.6 Å². The van der Waals surface area contributed by atoms with E-state index < -0.39 is 47.4 Å². The normalized spacial score (nSPS) is 29.5. The number of aliphatic hydroxyl groups is 2. The molecule has 0 bridgehead atoms. The number of carbonyl (C=O) groups is 3. The van der Waals surface area contributed by atoms with Crippen molar-refractivity contribution < 1.29 is 24.6 Å². The number of rotatable bonds is 5. The standard InChI is InChI=1S/C30H35N9O5/c1-28(2)12-11-16-7-6-10-18(22(16)28)24(41)34-20-14-39-26(32)33-19(23-29(39,30(20,43)44)36-25(31)35-23)13-38-21(40)15-37(27(38)42)17-8-4-3-5-9-17/h3-10,19-20,23,43-44H,11-15H2,1-2H3,(H2,32,33)(H,34,41)(H3,31,35,36)/t19-,20?,23-,29-/m0/s1. The predicted molar refractivity (Wildman–Crippen MR) is 161 cm³/mol. The Labute approximate surface area is 253 Å². The van der Waals surface area contributed by atoms with Crippen LogP contribution in [0.3, 0.4) is 0 Å². The zero-order valence-electron chi connectivity index (χ0n) is 24.4. The number of nitrogens with one attached hydrogen (secondary N) is 2. The highest BCUT2D eigenvalue weighted by molar-refractivity contribution is 6.12. The van der Waals surface area contributed by atoms with Gasteiger partial charge in [0.05, 0.1) is 12.6 Å². The van der Waals surface area contributed by atoms with E-state index in [-0.39, 0.29) is 37.0 Å². The molecule has 4 heterocycles. The SMILES string of the molecule is CC1(C)CCc2cccc(C(=O)NC3CN4C(N)=N[C@@H](CN5C(=O)CN(c6ccccc6)C5=O)[C@@H]5N=C(N)N[C@@]54C3(O)O)c21. The second-order valence-electron chi connectivity index (χ2n) is 12.7. The van der Waals surface area contributed by atoms with E-state index in [0.29, 0.717) is 11.3 Å². The Hall–Kier alpha value is -4.69. The lowest BCUT2D eigenvalue weighted by Gasteiger charge is -2.49. The number of imide groups is 1. The van der Waals surface area contributed by atoms with Crippen LogP contribution in [0.15, 0.2) is 58.5 Å². The summed E-state index contributed by atoms with van der Waals surface area (Å²) in [5.74, 6) is -3.72. The van der Waals surface area contributed by atoms with Gasteiger partial charge in [0.1, 0.15) is 18.6 Å². The minimum atomic E-state index is -2.65. The number of guanidine groups is 2. The third kappa shape index (κ3) is 3.83. The first-order chi connectivity index (χ1) is 20.8. The zero-order valence-corrected chi connectivity index (χ0v) is 24.4. The molecule has 8 N–H and O–H groups in total. The summed E-state index contributed by atoms with van der Waals surface area (Å²) in [6, 6.07) is 10.6. The molecule has 4 aliphatic heterocycles. The lowest BCUT2D eigenvalue weighted by atomic mass is 9.83. The molecule has 2 aromatic carbocycles. The summed E-state index contributed by atoms with van der Waals surface area (Å²) >= 11 is 0. The largest absolute Gasteiger partial charge is 0.370 e. The van der Waals surface area contributed by atoms with Gasteiger partial charge in [-0.25, -0.2) is 14.8 Å². The molecular formula is C30H35N9O5. The van der Waals surface area contributed by atoms with Crippen LogP contribution in [0.4, 0.5) is 10.5 Å². The summed E-state index contributed by atoms with van der Waals surface area (Å²) in [7, 11) is 0. The molecule has 1 spiro atoms. The van der Waals surface area contributed by atoms with Gasteiger partial charge in [-0.05, 0) is 47.6 Å². The Kier molecular flexibility index (Phi) is 6.01. The average molecular weight is 602 g/mol. The monoisotopic (exact) mass is 601 g/mol. The van der Waals surface area contributed by atoms with Gasteiger partial charge >= 0.3 is 6.03 Å². The quantitative estimate of drug-likeness (QED) is 0.186. The van der Waals surface area contributed by atoms with Crippen LogP contribution < -0.4 is 27.0 Å². The smallest absolute Gasteiger partial charge is 0.331 e. The Morgan fingerprint density at radius 2 is 1.84 bits per heavy atom. The van der Waals surface area contributed by atoms with Crippen LogP contribution >= 0.6 is 0 Å². The molecule has 230 valence electrons. The number of benzene rings is 2. The highest BCUT2D eigenvalue weighted by atomic mass is 16.5. The maximum atomic E-state index is 13.7. The van der Waals surface area contributed by atoms with Crippen LogP contribution in [-0.4, -0.2) is 99.0 Å². The molecule has 1 unspecified atom stereocenters. The number of aliphatic imine (C=N–C) groups is 2. The first-order valence-electron chi connectivity index (χ1n) is 14.6. The van der Waals surface area contributed by atoms with Crippen molar-refractivity contribution in [2.45, 2.75) is 61.7 Å². The molecule has 2 saturated heterocycles. The van der Waals surface area contributed by atoms with Crippen LogP contribution in [0.5, 0.6) is 0 Å². The fourth-order valence-electron chi connectivity index (χ4n) is 7.56. The number of urea groups is 1. The molecule has 4 atom stereocenters. The molecule has 1 aliphatic carbocycles. The summed E-state index contributed by atoms with van der Waals surface area (Å²) in [6.07, 6.45) is 1.76. The molecule has 0 radical (unpaired) electrons. The first kappa shape index (κ1) is 28.1. The second-order valence-corrected chi connectivity index (χ2v) is 12.7. The Morgan fingerprint density at radius 3 is 2.59 bits per heavy atom. The van der Waals surface area contributed by atoms with Crippen LogP contribution in [0.25, 0.3) is 0 Å². The predicted octanol–water partition coefficient (Wildman–Crippen LogP) is -0.846. The average Bonchev–Trinajstić information content (AvgIpc) is 3.66. The van der Waals surface area contributed by atoms with E-state index in [1.54, 1.807) is 30.3 Å². The van der Waals surface area contributed by atoms with E-state index in [2.05, 4.69) is 34.5 Å². The minimum absolute atomic E-state index is 0.0754. The van der Waals surface area contributed by atoms with Gasteiger partial charge in [0.25, 0.3) is 11.8 Å². The van der Waals surface area contributed by atoms with E-state index in [4.69, 9.17) is 11.5 Å². The number of nitrogens with zero attached hydrogens (tertiary/aromatic N) is 5. The Bertz CT molecular complexity index is 1640. The Morgan fingerprint density at radius 1 is 1.09 bits per heavy atom. The zero-order chi connectivity index (χ0) is 31.2. The highest BCUT2D eigenvalue weighted by Gasteiger charge is 2.73. The van der Waals surface area contributed by atoms with Gasteiger partial charge in [-0.1, -0.05) is 44.2 Å². The van der Waals surface area contributed by atoms with Gasteiger partial charge in [-0.15, -0.1) is 0 Å². The van der Waals surface area contributed by atoms with Crippen molar-refractivity contribution in [3.05, 3.63) is 65.2 Å². The van der Waals surface area contributed by atoms with Crippen molar-refractivity contribution in [2.24, 2.45) is 21.5 Å². The van der Waals surface area contributed by atoms with Crippen LogP contribution in [-0.2, 0) is 16.6 Å². The lowest BCUT2D eigenvalue weighted by molar-refractivity contribution is -0.230. The number of nitrogens with two attached hydrogens (primary N) is 2. The van der Waals surface area contributed by atoms with Crippen molar-refractivity contribution in [3.8, 4) is 0 Å². The topological polar surface area (TPSA) is 202 Å². The maximum absolute atomic E-state index is 13.7. The summed E-state index contributed by atoms with van der Waals surface area (Å²) in [6.45, 7) is 3.68. The summed E-state index contributed by atoms with van der Waals surface area (Å²) in [5.41, 5.74) is 13.6. The van der Waals surface area contributed by atoms with Crippen molar-refractivity contribution in [3.63, 3.8) is 0 Å². The highest BCUT2D eigenvalue weighted by Crippen LogP contribution is 2.46. The summed E-state index contributed by atoms with van der Waals surface area (Å²) < 4.78 is 0. The number of para-hydroxylation sites is 1. The summed E-state index contributed by atoms with van der Waals surface area (Å²) in [5, 5.41) is 29.4. The van der Waals surface area contributed by atoms with E-state index in [9.17, 15) is 24.6 Å². The maximum Gasteiger partial charge on any atom is 0.331 e.